The molecular weight excluding hydrogens is 205 g/mol. The number of nitrogens with zero attached hydrogens (tertiary/aromatic N) is 1. The van der Waals surface area contributed by atoms with E-state index in [9.17, 15) is 13.2 Å². The van der Waals surface area contributed by atoms with Crippen molar-refractivity contribution in [1.82, 2.24) is 4.90 Å². The van der Waals surface area contributed by atoms with Crippen LogP contribution >= 0.6 is 0 Å². The number of hydrogen-bond donors (Lipinski definition) is 1. The molecule has 2 nitrogen and oxygen atoms in total. The Kier molecular flexibility index (Phi) is 4.00. The normalized spacial score (nSPS) is 31.6. The molecule has 0 aromatic carbocycles. The Balaban J connectivity index is 2.81. The highest BCUT2D eigenvalue weighted by atomic mass is 19.4. The van der Waals surface area contributed by atoms with Crippen molar-refractivity contribution >= 4 is 0 Å². The monoisotopic (exact) mass is 224 g/mol. The fraction of sp³-hybridized carbons (Fsp3) is 1.00. The SMILES string of the molecule is C[C@@H]1CCC[C@H](C)N1C(CN)C(F)(F)F. The maximum absolute atomic E-state index is 12.7. The Hall–Kier alpha value is -0.290. The predicted molar refractivity (Wildman–Crippen MR) is 53.5 cm³/mol. The van der Waals surface area contributed by atoms with Gasteiger partial charge in [-0.1, -0.05) is 6.42 Å². The molecule has 15 heavy (non-hydrogen) atoms. The number of nitrogens with two attached hydrogens (primary N) is 1. The summed E-state index contributed by atoms with van der Waals surface area (Å²) in [6, 6.07) is -1.53. The molecule has 0 aliphatic carbocycles. The van der Waals surface area contributed by atoms with E-state index in [0.717, 1.165) is 19.3 Å². The largest absolute Gasteiger partial charge is 0.405 e. The molecule has 90 valence electrons. The van der Waals surface area contributed by atoms with E-state index in [1.165, 1.54) is 4.90 Å². The lowest BCUT2D eigenvalue weighted by atomic mass is 9.95. The van der Waals surface area contributed by atoms with Crippen molar-refractivity contribution in [2.45, 2.75) is 57.4 Å². The molecule has 0 amide bonds. The fourth-order valence-electron chi connectivity index (χ4n) is 2.48. The molecule has 1 rings (SSSR count). The molecule has 0 bridgehead atoms. The zero-order valence-electron chi connectivity index (χ0n) is 9.22. The quantitative estimate of drug-likeness (QED) is 0.778. The summed E-state index contributed by atoms with van der Waals surface area (Å²) in [5.41, 5.74) is 5.25. The van der Waals surface area contributed by atoms with E-state index in [4.69, 9.17) is 5.73 Å². The standard InChI is InChI=1S/C10H19F3N2/c1-7-4-3-5-8(2)15(7)9(6-14)10(11,12)13/h7-9H,3-6,14H2,1-2H3/t7-,8+,9?. The van der Waals surface area contributed by atoms with E-state index >= 15 is 0 Å². The molecule has 1 fully saturated rings. The summed E-state index contributed by atoms with van der Waals surface area (Å²) >= 11 is 0. The number of rotatable bonds is 2. The molecule has 5 heteroatoms. The van der Waals surface area contributed by atoms with Gasteiger partial charge in [-0.3, -0.25) is 4.90 Å². The average Bonchev–Trinajstić information content (AvgIpc) is 2.09. The highest BCUT2D eigenvalue weighted by Crippen LogP contribution is 2.32. The van der Waals surface area contributed by atoms with Crippen LogP contribution in [0.1, 0.15) is 33.1 Å². The van der Waals surface area contributed by atoms with Crippen LogP contribution in [0.25, 0.3) is 0 Å². The van der Waals surface area contributed by atoms with E-state index in [1.54, 1.807) is 0 Å². The van der Waals surface area contributed by atoms with Crippen LogP contribution in [0.2, 0.25) is 0 Å². The zero-order valence-corrected chi connectivity index (χ0v) is 9.22. The number of piperidine rings is 1. The van der Waals surface area contributed by atoms with Crippen LogP contribution in [0.15, 0.2) is 0 Å². The van der Waals surface area contributed by atoms with Gasteiger partial charge in [-0.25, -0.2) is 0 Å². The van der Waals surface area contributed by atoms with Crippen molar-refractivity contribution in [2.75, 3.05) is 6.54 Å². The van der Waals surface area contributed by atoms with Crippen molar-refractivity contribution in [3.63, 3.8) is 0 Å². The molecule has 0 aromatic heterocycles. The first kappa shape index (κ1) is 12.8. The van der Waals surface area contributed by atoms with Gasteiger partial charge in [0.05, 0.1) is 0 Å². The lowest BCUT2D eigenvalue weighted by Crippen LogP contribution is -2.58. The summed E-state index contributed by atoms with van der Waals surface area (Å²) in [5, 5.41) is 0. The summed E-state index contributed by atoms with van der Waals surface area (Å²) in [4.78, 5) is 1.53. The summed E-state index contributed by atoms with van der Waals surface area (Å²) in [6.07, 6.45) is -1.55. The van der Waals surface area contributed by atoms with Crippen molar-refractivity contribution in [3.05, 3.63) is 0 Å². The molecular formula is C10H19F3N2. The smallest absolute Gasteiger partial charge is 0.329 e. The van der Waals surface area contributed by atoms with Crippen LogP contribution in [0.5, 0.6) is 0 Å². The van der Waals surface area contributed by atoms with Crippen molar-refractivity contribution < 1.29 is 13.2 Å². The number of alkyl halides is 3. The van der Waals surface area contributed by atoms with Crippen molar-refractivity contribution in [1.29, 1.82) is 0 Å². The fourth-order valence-corrected chi connectivity index (χ4v) is 2.48. The second-order valence-electron chi connectivity index (χ2n) is 4.37. The second-order valence-corrected chi connectivity index (χ2v) is 4.37. The molecule has 0 saturated carbocycles. The van der Waals surface area contributed by atoms with E-state index in [2.05, 4.69) is 0 Å². The van der Waals surface area contributed by atoms with Crippen LogP contribution in [0.3, 0.4) is 0 Å². The molecule has 0 aromatic rings. The summed E-state index contributed by atoms with van der Waals surface area (Å²) in [7, 11) is 0. The Bertz CT molecular complexity index is 195. The molecule has 3 atom stereocenters. The minimum atomic E-state index is -4.21. The third-order valence-corrected chi connectivity index (χ3v) is 3.22. The van der Waals surface area contributed by atoms with Gasteiger partial charge in [0.1, 0.15) is 6.04 Å². The molecule has 1 heterocycles. The van der Waals surface area contributed by atoms with E-state index in [0.29, 0.717) is 0 Å². The molecule has 0 spiro atoms. The summed E-state index contributed by atoms with van der Waals surface area (Å²) in [5.74, 6) is 0. The van der Waals surface area contributed by atoms with Gasteiger partial charge in [0.25, 0.3) is 0 Å². The molecule has 0 radical (unpaired) electrons. The van der Waals surface area contributed by atoms with Crippen LogP contribution in [0.4, 0.5) is 13.2 Å². The Morgan fingerprint density at radius 2 is 1.73 bits per heavy atom. The summed E-state index contributed by atoms with van der Waals surface area (Å²) < 4.78 is 38.2. The first-order chi connectivity index (χ1) is 6.88. The van der Waals surface area contributed by atoms with Gasteiger partial charge in [0.15, 0.2) is 0 Å². The van der Waals surface area contributed by atoms with Crippen LogP contribution in [0, 0.1) is 0 Å². The average molecular weight is 224 g/mol. The van der Waals surface area contributed by atoms with Crippen LogP contribution in [-0.4, -0.2) is 35.7 Å². The Labute approximate surface area is 88.6 Å². The third kappa shape index (κ3) is 2.84. The lowest BCUT2D eigenvalue weighted by molar-refractivity contribution is -0.195. The van der Waals surface area contributed by atoms with Gasteiger partial charge in [0, 0.05) is 18.6 Å². The molecule has 1 aliphatic rings. The van der Waals surface area contributed by atoms with Crippen LogP contribution in [-0.2, 0) is 0 Å². The van der Waals surface area contributed by atoms with Crippen molar-refractivity contribution in [2.24, 2.45) is 5.73 Å². The minimum absolute atomic E-state index is 0.0241. The van der Waals surface area contributed by atoms with Gasteiger partial charge < -0.3 is 5.73 Å². The summed E-state index contributed by atoms with van der Waals surface area (Å²) in [6.45, 7) is 3.35. The molecule has 1 aliphatic heterocycles. The third-order valence-electron chi connectivity index (χ3n) is 3.22. The highest BCUT2D eigenvalue weighted by Gasteiger charge is 2.46. The molecule has 1 unspecified atom stereocenters. The van der Waals surface area contributed by atoms with Gasteiger partial charge >= 0.3 is 6.18 Å². The van der Waals surface area contributed by atoms with Gasteiger partial charge in [0.2, 0.25) is 0 Å². The first-order valence-electron chi connectivity index (χ1n) is 5.42. The first-order valence-corrected chi connectivity index (χ1v) is 5.42. The van der Waals surface area contributed by atoms with Crippen molar-refractivity contribution in [3.8, 4) is 0 Å². The maximum Gasteiger partial charge on any atom is 0.405 e. The minimum Gasteiger partial charge on any atom is -0.329 e. The van der Waals surface area contributed by atoms with Crippen LogP contribution < -0.4 is 5.73 Å². The van der Waals surface area contributed by atoms with E-state index in [-0.39, 0.29) is 18.6 Å². The number of hydrogen-bond acceptors (Lipinski definition) is 2. The molecule has 1 saturated heterocycles. The highest BCUT2D eigenvalue weighted by molar-refractivity contribution is 4.89. The van der Waals surface area contributed by atoms with E-state index < -0.39 is 12.2 Å². The Morgan fingerprint density at radius 3 is 2.07 bits per heavy atom. The Morgan fingerprint density at radius 1 is 1.27 bits per heavy atom. The number of halogens is 3. The zero-order chi connectivity index (χ0) is 11.6. The maximum atomic E-state index is 12.7. The lowest BCUT2D eigenvalue weighted by Gasteiger charge is -2.44. The van der Waals surface area contributed by atoms with E-state index in [1.807, 2.05) is 13.8 Å². The van der Waals surface area contributed by atoms with Gasteiger partial charge in [-0.2, -0.15) is 13.2 Å². The van der Waals surface area contributed by atoms with Gasteiger partial charge in [-0.05, 0) is 26.7 Å². The molecule has 2 N–H and O–H groups in total. The second kappa shape index (κ2) is 4.70. The van der Waals surface area contributed by atoms with Gasteiger partial charge in [-0.15, -0.1) is 0 Å². The topological polar surface area (TPSA) is 29.3 Å². The predicted octanol–water partition coefficient (Wildman–Crippen LogP) is 2.14. The number of likely N-dealkylation sites (tertiary alicyclic amines) is 1.